The third kappa shape index (κ3) is 3.52. The zero-order chi connectivity index (χ0) is 14.5. The molecule has 20 heavy (non-hydrogen) atoms. The second kappa shape index (κ2) is 6.44. The van der Waals surface area contributed by atoms with Crippen molar-refractivity contribution in [2.24, 2.45) is 12.9 Å². The summed E-state index contributed by atoms with van der Waals surface area (Å²) in [6.45, 7) is -2.87. The van der Waals surface area contributed by atoms with Gasteiger partial charge in [-0.25, -0.2) is 0 Å². The van der Waals surface area contributed by atoms with Crippen LogP contribution in [0.3, 0.4) is 0 Å². The number of para-hydroxylation sites is 1. The molecular formula is C13H16F2N4O. The highest BCUT2D eigenvalue weighted by Crippen LogP contribution is 2.28. The molecule has 0 fully saturated rings. The number of hydrogen-bond donors (Lipinski definition) is 2. The molecule has 1 aromatic carbocycles. The first-order valence-corrected chi connectivity index (χ1v) is 6.08. The third-order valence-corrected chi connectivity index (χ3v) is 2.89. The Labute approximate surface area is 115 Å². The SMILES string of the molecule is Cn1ccc(CC(NN)c2ccccc2OC(F)F)n1. The third-order valence-electron chi connectivity index (χ3n) is 2.89. The van der Waals surface area contributed by atoms with Crippen molar-refractivity contribution in [3.63, 3.8) is 0 Å². The Bertz CT molecular complexity index is 559. The number of nitrogens with zero attached hydrogens (tertiary/aromatic N) is 2. The predicted molar refractivity (Wildman–Crippen MR) is 70.1 cm³/mol. The molecule has 1 aromatic heterocycles. The molecule has 2 aromatic rings. The van der Waals surface area contributed by atoms with Crippen LogP contribution in [0.25, 0.3) is 0 Å². The molecule has 0 saturated heterocycles. The second-order valence-corrected chi connectivity index (χ2v) is 4.32. The van der Waals surface area contributed by atoms with Crippen molar-refractivity contribution in [3.05, 3.63) is 47.8 Å². The minimum absolute atomic E-state index is 0.112. The highest BCUT2D eigenvalue weighted by molar-refractivity contribution is 5.36. The fraction of sp³-hybridized carbons (Fsp3) is 0.308. The van der Waals surface area contributed by atoms with Crippen LogP contribution < -0.4 is 16.0 Å². The smallest absolute Gasteiger partial charge is 0.387 e. The predicted octanol–water partition coefficient (Wildman–Crippen LogP) is 1.77. The summed E-state index contributed by atoms with van der Waals surface area (Å²) < 4.78 is 31.0. The van der Waals surface area contributed by atoms with E-state index in [2.05, 4.69) is 15.3 Å². The van der Waals surface area contributed by atoms with E-state index in [1.54, 1.807) is 22.9 Å². The number of aromatic nitrogens is 2. The lowest BCUT2D eigenvalue weighted by Gasteiger charge is -2.18. The second-order valence-electron chi connectivity index (χ2n) is 4.32. The number of rotatable bonds is 6. The number of nitrogens with one attached hydrogen (secondary N) is 1. The molecule has 0 saturated carbocycles. The summed E-state index contributed by atoms with van der Waals surface area (Å²) in [5.74, 6) is 5.64. The zero-order valence-corrected chi connectivity index (χ0v) is 11.0. The number of hydrogen-bond acceptors (Lipinski definition) is 4. The Balaban J connectivity index is 2.22. The topological polar surface area (TPSA) is 65.1 Å². The summed E-state index contributed by atoms with van der Waals surface area (Å²) in [7, 11) is 1.81. The van der Waals surface area contributed by atoms with Gasteiger partial charge < -0.3 is 4.74 Å². The lowest BCUT2D eigenvalue weighted by molar-refractivity contribution is -0.0507. The molecule has 108 valence electrons. The van der Waals surface area contributed by atoms with Gasteiger partial charge in [0.25, 0.3) is 0 Å². The van der Waals surface area contributed by atoms with Gasteiger partial charge in [-0.05, 0) is 12.1 Å². The molecular weight excluding hydrogens is 266 g/mol. The van der Waals surface area contributed by atoms with Crippen molar-refractivity contribution in [1.29, 1.82) is 0 Å². The largest absolute Gasteiger partial charge is 0.434 e. The first-order chi connectivity index (χ1) is 9.60. The molecule has 0 radical (unpaired) electrons. The molecule has 1 unspecified atom stereocenters. The summed E-state index contributed by atoms with van der Waals surface area (Å²) in [6, 6.07) is 8.06. The highest BCUT2D eigenvalue weighted by atomic mass is 19.3. The van der Waals surface area contributed by atoms with Crippen molar-refractivity contribution in [1.82, 2.24) is 15.2 Å². The van der Waals surface area contributed by atoms with Gasteiger partial charge in [0.15, 0.2) is 0 Å². The lowest BCUT2D eigenvalue weighted by Crippen LogP contribution is -2.30. The Hall–Kier alpha value is -1.99. The van der Waals surface area contributed by atoms with E-state index in [1.807, 2.05) is 19.3 Å². The first kappa shape index (κ1) is 14.4. The van der Waals surface area contributed by atoms with Crippen LogP contribution in [-0.4, -0.2) is 16.4 Å². The summed E-state index contributed by atoms with van der Waals surface area (Å²) in [6.07, 6.45) is 2.28. The van der Waals surface area contributed by atoms with E-state index in [9.17, 15) is 8.78 Å². The quantitative estimate of drug-likeness (QED) is 0.626. The summed E-state index contributed by atoms with van der Waals surface area (Å²) >= 11 is 0. The molecule has 0 spiro atoms. The molecule has 0 amide bonds. The van der Waals surface area contributed by atoms with Gasteiger partial charge in [0, 0.05) is 25.2 Å². The van der Waals surface area contributed by atoms with Crippen LogP contribution in [0.2, 0.25) is 0 Å². The van der Waals surface area contributed by atoms with Gasteiger partial charge >= 0.3 is 6.61 Å². The fourth-order valence-corrected chi connectivity index (χ4v) is 2.01. The molecule has 0 bridgehead atoms. The van der Waals surface area contributed by atoms with E-state index in [1.165, 1.54) is 6.07 Å². The number of benzene rings is 1. The Kier molecular flexibility index (Phi) is 4.65. The maximum atomic E-state index is 12.4. The first-order valence-electron chi connectivity index (χ1n) is 6.08. The van der Waals surface area contributed by atoms with E-state index in [0.717, 1.165) is 5.69 Å². The van der Waals surface area contributed by atoms with E-state index in [4.69, 9.17) is 5.84 Å². The van der Waals surface area contributed by atoms with Crippen LogP contribution in [0.4, 0.5) is 8.78 Å². The van der Waals surface area contributed by atoms with Gasteiger partial charge in [-0.3, -0.25) is 16.0 Å². The molecule has 1 heterocycles. The van der Waals surface area contributed by atoms with Gasteiger partial charge in [0.2, 0.25) is 0 Å². The van der Waals surface area contributed by atoms with E-state index >= 15 is 0 Å². The normalized spacial score (nSPS) is 12.7. The number of hydrazine groups is 1. The maximum absolute atomic E-state index is 12.4. The van der Waals surface area contributed by atoms with Gasteiger partial charge in [0.05, 0.1) is 11.7 Å². The Morgan fingerprint density at radius 2 is 2.10 bits per heavy atom. The standard InChI is InChI=1S/C13H16F2N4O/c1-19-7-6-9(18-19)8-11(17-16)10-4-2-3-5-12(10)20-13(14)15/h2-7,11,13,17H,8,16H2,1H3. The van der Waals surface area contributed by atoms with Crippen molar-refractivity contribution in [2.75, 3.05) is 0 Å². The number of aryl methyl sites for hydroxylation is 1. The number of alkyl halides is 2. The Morgan fingerprint density at radius 1 is 1.35 bits per heavy atom. The van der Waals surface area contributed by atoms with Crippen LogP contribution in [0.15, 0.2) is 36.5 Å². The van der Waals surface area contributed by atoms with E-state index in [0.29, 0.717) is 12.0 Å². The Morgan fingerprint density at radius 3 is 2.70 bits per heavy atom. The summed E-state index contributed by atoms with van der Waals surface area (Å²) in [5, 5.41) is 4.25. The molecule has 0 aliphatic carbocycles. The van der Waals surface area contributed by atoms with Crippen LogP contribution in [-0.2, 0) is 13.5 Å². The molecule has 7 heteroatoms. The van der Waals surface area contributed by atoms with Gasteiger partial charge in [-0.1, -0.05) is 18.2 Å². The molecule has 2 rings (SSSR count). The molecule has 5 nitrogen and oxygen atoms in total. The van der Waals surface area contributed by atoms with Crippen molar-refractivity contribution in [3.8, 4) is 5.75 Å². The van der Waals surface area contributed by atoms with Crippen LogP contribution in [0.1, 0.15) is 17.3 Å². The van der Waals surface area contributed by atoms with Crippen molar-refractivity contribution >= 4 is 0 Å². The zero-order valence-electron chi connectivity index (χ0n) is 11.0. The van der Waals surface area contributed by atoms with Crippen LogP contribution in [0.5, 0.6) is 5.75 Å². The minimum Gasteiger partial charge on any atom is -0.434 e. The summed E-state index contributed by atoms with van der Waals surface area (Å²) in [5.41, 5.74) is 3.99. The molecule has 3 N–H and O–H groups in total. The molecule has 0 aliphatic heterocycles. The number of nitrogens with two attached hydrogens (primary N) is 1. The van der Waals surface area contributed by atoms with Gasteiger partial charge in [0.1, 0.15) is 5.75 Å². The maximum Gasteiger partial charge on any atom is 0.387 e. The average molecular weight is 282 g/mol. The average Bonchev–Trinajstić information content (AvgIpc) is 2.82. The monoisotopic (exact) mass is 282 g/mol. The lowest BCUT2D eigenvalue weighted by atomic mass is 10.0. The van der Waals surface area contributed by atoms with Gasteiger partial charge in [-0.15, -0.1) is 0 Å². The number of ether oxygens (including phenoxy) is 1. The van der Waals surface area contributed by atoms with Crippen LogP contribution >= 0.6 is 0 Å². The molecule has 0 aliphatic rings. The van der Waals surface area contributed by atoms with Crippen molar-refractivity contribution in [2.45, 2.75) is 19.1 Å². The summed E-state index contributed by atoms with van der Waals surface area (Å²) in [4.78, 5) is 0. The highest BCUT2D eigenvalue weighted by Gasteiger charge is 2.18. The van der Waals surface area contributed by atoms with E-state index < -0.39 is 6.61 Å². The van der Waals surface area contributed by atoms with Crippen molar-refractivity contribution < 1.29 is 13.5 Å². The fourth-order valence-electron chi connectivity index (χ4n) is 2.01. The van der Waals surface area contributed by atoms with Gasteiger partial charge in [-0.2, -0.15) is 13.9 Å². The molecule has 1 atom stereocenters. The van der Waals surface area contributed by atoms with Crippen LogP contribution in [0, 0.1) is 0 Å². The number of halogens is 2. The minimum atomic E-state index is -2.87. The van der Waals surface area contributed by atoms with E-state index in [-0.39, 0.29) is 11.8 Å².